The van der Waals surface area contributed by atoms with Crippen molar-refractivity contribution in [2.24, 2.45) is 4.99 Å². The van der Waals surface area contributed by atoms with Gasteiger partial charge >= 0.3 is 6.09 Å². The number of anilines is 1. The van der Waals surface area contributed by atoms with Crippen LogP contribution in [0.5, 0.6) is 0 Å². The number of rotatable bonds is 17. The lowest BCUT2D eigenvalue weighted by Crippen LogP contribution is -2.54. The van der Waals surface area contributed by atoms with E-state index in [9.17, 15) is 33.6 Å². The number of hydrogen-bond acceptors (Lipinski definition) is 13. The number of hydrogen-bond donors (Lipinski definition) is 4. The molecule has 0 spiro atoms. The predicted octanol–water partition coefficient (Wildman–Crippen LogP) is 3.73. The summed E-state index contributed by atoms with van der Waals surface area (Å²) >= 11 is 1.45. The number of thioether (sulfide) groups is 1. The van der Waals surface area contributed by atoms with Crippen LogP contribution in [0.3, 0.4) is 0 Å². The van der Waals surface area contributed by atoms with Crippen LogP contribution in [0, 0.1) is 0 Å². The summed E-state index contributed by atoms with van der Waals surface area (Å²) < 4.78 is 16.9. The van der Waals surface area contributed by atoms with Crippen LogP contribution in [0.4, 0.5) is 10.5 Å². The highest BCUT2D eigenvalue weighted by atomic mass is 32.2. The number of piperidine rings is 2. The first kappa shape index (κ1) is 44.2. The molecule has 18 heteroatoms. The third kappa shape index (κ3) is 11.5. The Labute approximate surface area is 353 Å². The summed E-state index contributed by atoms with van der Waals surface area (Å²) in [6, 6.07) is 10.4. The van der Waals surface area contributed by atoms with Crippen LogP contribution in [0.15, 0.2) is 47.5 Å². The van der Waals surface area contributed by atoms with Crippen molar-refractivity contribution in [2.45, 2.75) is 88.7 Å². The van der Waals surface area contributed by atoms with Gasteiger partial charge in [0.2, 0.25) is 11.8 Å². The number of carbonyl (C=O) groups excluding carboxylic acids is 7. The van der Waals surface area contributed by atoms with Crippen molar-refractivity contribution in [1.82, 2.24) is 25.8 Å². The largest absolute Gasteiger partial charge is 0.444 e. The van der Waals surface area contributed by atoms with E-state index in [1.165, 1.54) is 11.8 Å². The molecule has 2 saturated heterocycles. The molecule has 7 amide bonds. The Morgan fingerprint density at radius 1 is 0.850 bits per heavy atom. The Bertz CT molecular complexity index is 1990. The van der Waals surface area contributed by atoms with Gasteiger partial charge in [-0.25, -0.2) is 4.79 Å². The number of amidine groups is 1. The van der Waals surface area contributed by atoms with E-state index < -0.39 is 35.3 Å². The molecule has 4 heterocycles. The van der Waals surface area contributed by atoms with Crippen molar-refractivity contribution in [3.05, 3.63) is 64.7 Å². The fourth-order valence-corrected chi connectivity index (χ4v) is 8.38. The molecule has 3 atom stereocenters. The Kier molecular flexibility index (Phi) is 15.0. The molecule has 0 aliphatic carbocycles. The van der Waals surface area contributed by atoms with Gasteiger partial charge in [0.1, 0.15) is 11.6 Å². The number of carbonyl (C=O) groups is 7. The Morgan fingerprint density at radius 3 is 2.20 bits per heavy atom. The zero-order valence-corrected chi connectivity index (χ0v) is 35.0. The quantitative estimate of drug-likeness (QED) is 0.133. The van der Waals surface area contributed by atoms with Crippen molar-refractivity contribution in [2.75, 3.05) is 57.9 Å². The molecule has 0 bridgehead atoms. The second-order valence-corrected chi connectivity index (χ2v) is 17.1. The summed E-state index contributed by atoms with van der Waals surface area (Å²) in [4.78, 5) is 95.5. The third-order valence-corrected chi connectivity index (χ3v) is 11.4. The molecule has 3 unspecified atom stereocenters. The number of nitrogens with one attached hydrogen (secondary N) is 4. The molecule has 2 fully saturated rings. The zero-order chi connectivity index (χ0) is 42.8. The van der Waals surface area contributed by atoms with Crippen LogP contribution in [-0.4, -0.2) is 132 Å². The SMILES string of the molecule is CC(C)(C)OC(=O)N1CCC2N=C(NC(=O)c3ccc(C(=O)NCCCOCCCCOCCCNc4cccc5c4C(=O)N(C4CCC(=O)NC4=O)C5=O)cc3)SC2C1. The highest BCUT2D eigenvalue weighted by Gasteiger charge is 2.45. The first-order valence-electron chi connectivity index (χ1n) is 20.4. The average Bonchev–Trinajstić information content (AvgIpc) is 3.73. The van der Waals surface area contributed by atoms with Gasteiger partial charge in [-0.3, -0.25) is 44.0 Å². The van der Waals surface area contributed by atoms with Gasteiger partial charge < -0.3 is 35.1 Å². The van der Waals surface area contributed by atoms with Gasteiger partial charge in [-0.2, -0.15) is 0 Å². The maximum atomic E-state index is 13.2. The molecule has 6 rings (SSSR count). The van der Waals surface area contributed by atoms with Gasteiger partial charge in [-0.15, -0.1) is 0 Å². The van der Waals surface area contributed by atoms with Crippen molar-refractivity contribution < 1.29 is 47.8 Å². The van der Waals surface area contributed by atoms with E-state index in [-0.39, 0.29) is 53.2 Å². The Morgan fingerprint density at radius 2 is 1.52 bits per heavy atom. The van der Waals surface area contributed by atoms with Crippen LogP contribution in [-0.2, 0) is 23.8 Å². The summed E-state index contributed by atoms with van der Waals surface area (Å²) in [5, 5.41) is 11.7. The Balaban J connectivity index is 0.775. The van der Waals surface area contributed by atoms with E-state index >= 15 is 0 Å². The third-order valence-electron chi connectivity index (χ3n) is 10.2. The molecular weight excluding hydrogens is 795 g/mol. The summed E-state index contributed by atoms with van der Waals surface area (Å²) in [5.41, 5.74) is 1.25. The first-order valence-corrected chi connectivity index (χ1v) is 21.3. The maximum absolute atomic E-state index is 13.2. The number of unbranched alkanes of at least 4 members (excludes halogenated alkanes) is 1. The fraction of sp³-hybridized carbons (Fsp3) is 0.524. The van der Waals surface area contributed by atoms with E-state index in [4.69, 9.17) is 14.2 Å². The lowest BCUT2D eigenvalue weighted by Gasteiger charge is -2.34. The second kappa shape index (κ2) is 20.3. The molecule has 0 aromatic heterocycles. The number of fused-ring (bicyclic) bond motifs is 2. The summed E-state index contributed by atoms with van der Waals surface area (Å²) in [6.07, 6.45) is 3.47. The molecule has 60 heavy (non-hydrogen) atoms. The van der Waals surface area contributed by atoms with Gasteiger partial charge in [0.05, 0.1) is 22.4 Å². The minimum Gasteiger partial charge on any atom is -0.444 e. The second-order valence-electron chi connectivity index (χ2n) is 15.9. The average molecular weight is 848 g/mol. The van der Waals surface area contributed by atoms with E-state index in [0.29, 0.717) is 93.9 Å². The van der Waals surface area contributed by atoms with Crippen molar-refractivity contribution in [1.29, 1.82) is 0 Å². The lowest BCUT2D eigenvalue weighted by molar-refractivity contribution is -0.136. The van der Waals surface area contributed by atoms with Crippen LogP contribution in [0.1, 0.15) is 107 Å². The van der Waals surface area contributed by atoms with Gasteiger partial charge in [0.15, 0.2) is 5.17 Å². The van der Waals surface area contributed by atoms with Crippen LogP contribution >= 0.6 is 11.8 Å². The number of likely N-dealkylation sites (tertiary alicyclic amines) is 1. The molecule has 4 aliphatic rings. The van der Waals surface area contributed by atoms with Crippen molar-refractivity contribution >= 4 is 64.2 Å². The summed E-state index contributed by atoms with van der Waals surface area (Å²) in [7, 11) is 0. The minimum atomic E-state index is -1.01. The van der Waals surface area contributed by atoms with E-state index in [0.717, 1.165) is 17.7 Å². The Hall–Kier alpha value is -5.33. The maximum Gasteiger partial charge on any atom is 0.410 e. The highest BCUT2D eigenvalue weighted by Crippen LogP contribution is 2.34. The van der Waals surface area contributed by atoms with Crippen LogP contribution < -0.4 is 21.3 Å². The van der Waals surface area contributed by atoms with Crippen molar-refractivity contribution in [3.8, 4) is 0 Å². The normalized spacial score (nSPS) is 20.0. The molecule has 4 N–H and O–H groups in total. The number of benzene rings is 2. The topological polar surface area (TPSA) is 214 Å². The van der Waals surface area contributed by atoms with Gasteiger partial charge in [0, 0.05) is 75.8 Å². The molecule has 0 saturated carbocycles. The van der Waals surface area contributed by atoms with Gasteiger partial charge in [-0.05, 0) is 95.7 Å². The first-order chi connectivity index (χ1) is 28.8. The van der Waals surface area contributed by atoms with Crippen LogP contribution in [0.25, 0.3) is 0 Å². The van der Waals surface area contributed by atoms with Crippen LogP contribution in [0.2, 0.25) is 0 Å². The monoisotopic (exact) mass is 847 g/mol. The molecule has 322 valence electrons. The summed E-state index contributed by atoms with van der Waals surface area (Å²) in [6.45, 7) is 9.65. The zero-order valence-electron chi connectivity index (χ0n) is 34.2. The molecule has 0 radical (unpaired) electrons. The summed E-state index contributed by atoms with van der Waals surface area (Å²) in [5.74, 6) is -2.71. The molecular formula is C42H53N7O10S. The number of amides is 7. The smallest absolute Gasteiger partial charge is 0.410 e. The number of nitrogens with zero attached hydrogens (tertiary/aromatic N) is 3. The molecule has 17 nitrogen and oxygen atoms in total. The molecule has 2 aromatic carbocycles. The van der Waals surface area contributed by atoms with Gasteiger partial charge in [0.25, 0.3) is 23.6 Å². The van der Waals surface area contributed by atoms with Gasteiger partial charge in [-0.1, -0.05) is 17.8 Å². The van der Waals surface area contributed by atoms with E-state index in [1.54, 1.807) is 47.4 Å². The number of imide groups is 2. The lowest BCUT2D eigenvalue weighted by atomic mass is 10.0. The number of ether oxygens (including phenoxy) is 3. The van der Waals surface area contributed by atoms with Crippen molar-refractivity contribution in [3.63, 3.8) is 0 Å². The fourth-order valence-electron chi connectivity index (χ4n) is 7.14. The predicted molar refractivity (Wildman–Crippen MR) is 223 cm³/mol. The molecule has 2 aromatic rings. The highest BCUT2D eigenvalue weighted by molar-refractivity contribution is 8.14. The number of aliphatic imine (C=N–C) groups is 1. The van der Waals surface area contributed by atoms with E-state index in [2.05, 4.69) is 26.3 Å². The minimum absolute atomic E-state index is 0.0217. The standard InChI is InChI=1S/C42H53N7O10S/c1-42(2,3)59-41(56)48-20-17-29-32(25-48)60-40(45-29)47-36(52)27-13-11-26(12-14-27)35(51)44-19-8-24-58-22-5-4-21-57-23-7-18-43-30-10-6-9-28-34(30)39(55)49(38(28)54)31-15-16-33(50)46-37(31)53/h6,9-14,29,31-32,43H,4-5,7-8,15-25H2,1-3H3,(H,44,51)(H,45,47,52)(H,46,50,53). The van der Waals surface area contributed by atoms with E-state index in [1.807, 2.05) is 20.8 Å². The molecule has 4 aliphatic heterocycles.